The van der Waals surface area contributed by atoms with Crippen LogP contribution in [0.1, 0.15) is 32.8 Å². The number of ether oxygens (including phenoxy) is 1. The molecule has 0 aliphatic carbocycles. The summed E-state index contributed by atoms with van der Waals surface area (Å²) < 4.78 is 5.54. The monoisotopic (exact) mass is 337 g/mol. The molecule has 6 heteroatoms. The number of hydrogen-bond acceptors (Lipinski definition) is 4. The van der Waals surface area contributed by atoms with Crippen molar-refractivity contribution < 1.29 is 9.53 Å². The second-order valence-electron chi connectivity index (χ2n) is 7.50. The summed E-state index contributed by atoms with van der Waals surface area (Å²) in [5, 5.41) is 0.545. The molecule has 0 aromatic carbocycles. The van der Waals surface area contributed by atoms with Crippen molar-refractivity contribution in [1.29, 1.82) is 0 Å². The fourth-order valence-electron chi connectivity index (χ4n) is 3.44. The van der Waals surface area contributed by atoms with Crippen LogP contribution in [0.4, 0.5) is 10.5 Å². The minimum absolute atomic E-state index is 0.197. The number of anilines is 1. The maximum Gasteiger partial charge on any atom is 0.410 e. The molecule has 0 spiro atoms. The molecule has 23 heavy (non-hydrogen) atoms. The maximum atomic E-state index is 12.4. The molecule has 0 bridgehead atoms. The molecule has 2 saturated heterocycles. The summed E-state index contributed by atoms with van der Waals surface area (Å²) in [5.41, 5.74) is 1.60. The van der Waals surface area contributed by atoms with Gasteiger partial charge in [0.1, 0.15) is 10.8 Å². The van der Waals surface area contributed by atoms with Crippen LogP contribution in [-0.4, -0.2) is 47.3 Å². The number of nitrogens with zero attached hydrogens (tertiary/aromatic N) is 3. The van der Waals surface area contributed by atoms with Crippen LogP contribution >= 0.6 is 11.6 Å². The van der Waals surface area contributed by atoms with Gasteiger partial charge in [0.25, 0.3) is 0 Å². The molecule has 3 rings (SSSR count). The van der Waals surface area contributed by atoms with Gasteiger partial charge in [-0.2, -0.15) is 0 Å². The smallest absolute Gasteiger partial charge is 0.410 e. The van der Waals surface area contributed by atoms with E-state index >= 15 is 0 Å². The SMILES string of the molecule is Cc1cc(N2C[C@@H]3CCN(C(=O)OC(C)(C)C)[C@@H]3C2)cnc1Cl. The summed E-state index contributed by atoms with van der Waals surface area (Å²) in [6.45, 7) is 10.2. The van der Waals surface area contributed by atoms with E-state index in [9.17, 15) is 4.79 Å². The van der Waals surface area contributed by atoms with Gasteiger partial charge in [-0.05, 0) is 45.7 Å². The van der Waals surface area contributed by atoms with Crippen LogP contribution in [-0.2, 0) is 4.74 Å². The van der Waals surface area contributed by atoms with E-state index < -0.39 is 5.60 Å². The molecule has 3 heterocycles. The lowest BCUT2D eigenvalue weighted by atomic mass is 10.1. The zero-order chi connectivity index (χ0) is 16.8. The van der Waals surface area contributed by atoms with Gasteiger partial charge in [-0.15, -0.1) is 0 Å². The van der Waals surface area contributed by atoms with Gasteiger partial charge >= 0.3 is 6.09 Å². The second-order valence-corrected chi connectivity index (χ2v) is 7.85. The predicted octanol–water partition coefficient (Wildman–Crippen LogP) is 3.49. The average Bonchev–Trinajstić information content (AvgIpc) is 2.99. The van der Waals surface area contributed by atoms with Crippen molar-refractivity contribution in [3.05, 3.63) is 23.0 Å². The van der Waals surface area contributed by atoms with Crippen molar-refractivity contribution in [2.75, 3.05) is 24.5 Å². The summed E-state index contributed by atoms with van der Waals surface area (Å²) >= 11 is 6.01. The lowest BCUT2D eigenvalue weighted by molar-refractivity contribution is 0.0229. The van der Waals surface area contributed by atoms with Crippen LogP contribution in [0.5, 0.6) is 0 Å². The van der Waals surface area contributed by atoms with Crippen LogP contribution in [0, 0.1) is 12.8 Å². The fourth-order valence-corrected chi connectivity index (χ4v) is 3.54. The van der Waals surface area contributed by atoms with E-state index in [4.69, 9.17) is 16.3 Å². The highest BCUT2D eigenvalue weighted by molar-refractivity contribution is 6.30. The molecule has 5 nitrogen and oxygen atoms in total. The molecule has 1 aromatic rings. The third-order valence-corrected chi connectivity index (χ3v) is 4.94. The topological polar surface area (TPSA) is 45.7 Å². The Kier molecular flexibility index (Phi) is 4.17. The third kappa shape index (κ3) is 3.39. The number of aromatic nitrogens is 1. The van der Waals surface area contributed by atoms with Crippen LogP contribution < -0.4 is 4.90 Å². The first kappa shape index (κ1) is 16.4. The number of fused-ring (bicyclic) bond motifs is 1. The van der Waals surface area contributed by atoms with Crippen molar-refractivity contribution in [1.82, 2.24) is 9.88 Å². The van der Waals surface area contributed by atoms with Gasteiger partial charge < -0.3 is 14.5 Å². The maximum absolute atomic E-state index is 12.4. The number of carbonyl (C=O) groups is 1. The standard InChI is InChI=1S/C17H24ClN3O2/c1-11-7-13(8-19-15(11)18)20-9-12-5-6-21(14(12)10-20)16(22)23-17(2,3)4/h7-8,12,14H,5-6,9-10H2,1-4H3/t12-,14+/m0/s1. The van der Waals surface area contributed by atoms with E-state index in [-0.39, 0.29) is 12.1 Å². The molecule has 2 atom stereocenters. The number of likely N-dealkylation sites (tertiary alicyclic amines) is 1. The second kappa shape index (κ2) is 5.86. The van der Waals surface area contributed by atoms with Gasteiger partial charge in [0, 0.05) is 25.6 Å². The van der Waals surface area contributed by atoms with E-state index in [0.717, 1.165) is 37.3 Å². The zero-order valence-corrected chi connectivity index (χ0v) is 14.9. The molecule has 0 saturated carbocycles. The van der Waals surface area contributed by atoms with Gasteiger partial charge in [-0.3, -0.25) is 0 Å². The minimum atomic E-state index is -0.454. The molecule has 0 unspecified atom stereocenters. The highest BCUT2D eigenvalue weighted by Gasteiger charge is 2.44. The number of halogens is 1. The lowest BCUT2D eigenvalue weighted by Gasteiger charge is -2.29. The van der Waals surface area contributed by atoms with E-state index in [2.05, 4.69) is 16.0 Å². The Morgan fingerprint density at radius 3 is 2.78 bits per heavy atom. The zero-order valence-electron chi connectivity index (χ0n) is 14.2. The summed E-state index contributed by atoms with van der Waals surface area (Å²) in [4.78, 5) is 20.8. The van der Waals surface area contributed by atoms with E-state index in [0.29, 0.717) is 11.1 Å². The molecule has 0 radical (unpaired) electrons. The number of rotatable bonds is 1. The van der Waals surface area contributed by atoms with Gasteiger partial charge in [-0.1, -0.05) is 11.6 Å². The van der Waals surface area contributed by atoms with Crippen LogP contribution in [0.2, 0.25) is 5.15 Å². The number of hydrogen-bond donors (Lipinski definition) is 0. The quantitative estimate of drug-likeness (QED) is 0.736. The average molecular weight is 338 g/mol. The van der Waals surface area contributed by atoms with Crippen molar-refractivity contribution in [2.24, 2.45) is 5.92 Å². The molecule has 1 aromatic heterocycles. The van der Waals surface area contributed by atoms with Crippen molar-refractivity contribution >= 4 is 23.4 Å². The van der Waals surface area contributed by atoms with Gasteiger partial charge in [0.15, 0.2) is 0 Å². The summed E-state index contributed by atoms with van der Waals surface area (Å²) in [6.07, 6.45) is 2.64. The van der Waals surface area contributed by atoms with Gasteiger partial charge in [0.2, 0.25) is 0 Å². The van der Waals surface area contributed by atoms with Crippen molar-refractivity contribution in [2.45, 2.75) is 45.8 Å². The number of carbonyl (C=O) groups excluding carboxylic acids is 1. The Bertz CT molecular complexity index is 614. The number of aryl methyl sites for hydroxylation is 1. The largest absolute Gasteiger partial charge is 0.444 e. The molecule has 1 amide bonds. The Morgan fingerprint density at radius 1 is 1.39 bits per heavy atom. The molecular weight excluding hydrogens is 314 g/mol. The van der Waals surface area contributed by atoms with Crippen LogP contribution in [0.15, 0.2) is 12.3 Å². The molecule has 2 aliphatic rings. The third-order valence-electron chi connectivity index (χ3n) is 4.54. The van der Waals surface area contributed by atoms with Crippen LogP contribution in [0.3, 0.4) is 0 Å². The number of pyridine rings is 1. The normalized spacial score (nSPS) is 24.0. The first-order valence-corrected chi connectivity index (χ1v) is 8.49. The van der Waals surface area contributed by atoms with Crippen molar-refractivity contribution in [3.8, 4) is 0 Å². The fraction of sp³-hybridized carbons (Fsp3) is 0.647. The van der Waals surface area contributed by atoms with E-state index in [1.807, 2.05) is 38.8 Å². The molecule has 0 N–H and O–H groups in total. The molecule has 126 valence electrons. The number of amides is 1. The highest BCUT2D eigenvalue weighted by atomic mass is 35.5. The summed E-state index contributed by atoms with van der Waals surface area (Å²) in [6, 6.07) is 2.29. The summed E-state index contributed by atoms with van der Waals surface area (Å²) in [5.74, 6) is 0.499. The Hall–Kier alpha value is -1.49. The van der Waals surface area contributed by atoms with Gasteiger partial charge in [0.05, 0.1) is 17.9 Å². The lowest BCUT2D eigenvalue weighted by Crippen LogP contribution is -2.42. The molecule has 2 fully saturated rings. The van der Waals surface area contributed by atoms with E-state index in [1.54, 1.807) is 0 Å². The Labute approximate surface area is 142 Å². The highest BCUT2D eigenvalue weighted by Crippen LogP contribution is 2.35. The molecule has 2 aliphatic heterocycles. The van der Waals surface area contributed by atoms with Gasteiger partial charge in [-0.25, -0.2) is 9.78 Å². The summed E-state index contributed by atoms with van der Waals surface area (Å²) in [7, 11) is 0. The first-order valence-electron chi connectivity index (χ1n) is 8.11. The Balaban J connectivity index is 1.71. The minimum Gasteiger partial charge on any atom is -0.444 e. The Morgan fingerprint density at radius 2 is 2.13 bits per heavy atom. The molecular formula is C17H24ClN3O2. The van der Waals surface area contributed by atoms with Crippen LogP contribution in [0.25, 0.3) is 0 Å². The first-order chi connectivity index (χ1) is 10.7. The van der Waals surface area contributed by atoms with E-state index in [1.165, 1.54) is 0 Å². The predicted molar refractivity (Wildman–Crippen MR) is 91.0 cm³/mol. The van der Waals surface area contributed by atoms with Crippen molar-refractivity contribution in [3.63, 3.8) is 0 Å².